The Kier molecular flexibility index (Phi) is 7.13. The first-order chi connectivity index (χ1) is 10.7. The average Bonchev–Trinajstić information content (AvgIpc) is 2.44. The Morgan fingerprint density at radius 1 is 1.25 bits per heavy atom. The third-order valence-electron chi connectivity index (χ3n) is 5.80. The topological polar surface area (TPSA) is 47.9 Å². The van der Waals surface area contributed by atoms with Gasteiger partial charge in [0.2, 0.25) is 0 Å². The Morgan fingerprint density at radius 2 is 1.79 bits per heavy atom. The van der Waals surface area contributed by atoms with Crippen LogP contribution < -0.4 is 0 Å². The highest BCUT2D eigenvalue weighted by molar-refractivity contribution is 6.74. The lowest BCUT2D eigenvalue weighted by Crippen LogP contribution is -2.54. The van der Waals surface area contributed by atoms with Crippen LogP contribution in [-0.2, 0) is 13.9 Å². The van der Waals surface area contributed by atoms with Gasteiger partial charge >= 0.3 is 0 Å². The summed E-state index contributed by atoms with van der Waals surface area (Å²) in [5, 5.41) is 9.93. The molecule has 0 aromatic rings. The van der Waals surface area contributed by atoms with Gasteiger partial charge in [0, 0.05) is 24.4 Å². The lowest BCUT2D eigenvalue weighted by molar-refractivity contribution is -0.304. The zero-order chi connectivity index (χ0) is 18.9. The van der Waals surface area contributed by atoms with E-state index in [4.69, 9.17) is 13.9 Å². The van der Waals surface area contributed by atoms with Crippen molar-refractivity contribution in [1.29, 1.82) is 0 Å². The highest BCUT2D eigenvalue weighted by atomic mass is 28.4. The zero-order valence-electron chi connectivity index (χ0n) is 17.5. The molecule has 1 saturated heterocycles. The number of hydrogen-bond acceptors (Lipinski definition) is 4. The third kappa shape index (κ3) is 5.28. The van der Waals surface area contributed by atoms with Crippen molar-refractivity contribution in [3.63, 3.8) is 0 Å². The first-order valence-electron chi connectivity index (χ1n) is 9.32. The van der Waals surface area contributed by atoms with Crippen LogP contribution in [0.5, 0.6) is 0 Å². The molecule has 1 rings (SSSR count). The summed E-state index contributed by atoms with van der Waals surface area (Å²) >= 11 is 0. The van der Waals surface area contributed by atoms with Gasteiger partial charge in [-0.15, -0.1) is 0 Å². The van der Waals surface area contributed by atoms with Gasteiger partial charge in [0.15, 0.2) is 14.1 Å². The third-order valence-corrected chi connectivity index (χ3v) is 10.3. The fourth-order valence-electron chi connectivity index (χ4n) is 3.08. The molecular formula is C19H40O4Si. The molecule has 0 spiro atoms. The van der Waals surface area contributed by atoms with Crippen LogP contribution in [0.4, 0.5) is 0 Å². The van der Waals surface area contributed by atoms with Crippen LogP contribution in [0.15, 0.2) is 0 Å². The van der Waals surface area contributed by atoms with Crippen LogP contribution in [-0.4, -0.2) is 44.6 Å². The summed E-state index contributed by atoms with van der Waals surface area (Å²) in [6, 6.07) is 0. The van der Waals surface area contributed by atoms with Gasteiger partial charge in [-0.3, -0.25) is 0 Å². The summed E-state index contributed by atoms with van der Waals surface area (Å²) in [6.07, 6.45) is 0.0507. The van der Waals surface area contributed by atoms with Crippen molar-refractivity contribution in [3.05, 3.63) is 0 Å². The van der Waals surface area contributed by atoms with E-state index in [1.165, 1.54) is 0 Å². The minimum absolute atomic E-state index is 0.0164. The molecule has 144 valence electrons. The van der Waals surface area contributed by atoms with E-state index in [1.54, 1.807) is 0 Å². The largest absolute Gasteiger partial charge is 0.413 e. The first-order valence-corrected chi connectivity index (χ1v) is 12.2. The maximum atomic E-state index is 9.79. The molecule has 0 radical (unpaired) electrons. The molecule has 0 aromatic carbocycles. The molecule has 0 saturated carbocycles. The minimum Gasteiger partial charge on any atom is -0.413 e. The van der Waals surface area contributed by atoms with Crippen LogP contribution >= 0.6 is 0 Å². The average molecular weight is 361 g/mol. The molecule has 0 bridgehead atoms. The van der Waals surface area contributed by atoms with Gasteiger partial charge in [0.25, 0.3) is 0 Å². The standard InChI is InChI=1S/C19H40O4Si/c1-13(11-20)17(23-24(9,10)18(4,5)6)15(3)16-14(2)12-21-19(7,8)22-16/h13-17,20H,11-12H2,1-10H3/t13-,14-,15+,16-,17-/m1/s1. The van der Waals surface area contributed by atoms with Gasteiger partial charge in [-0.1, -0.05) is 41.5 Å². The molecule has 5 atom stereocenters. The van der Waals surface area contributed by atoms with Crippen LogP contribution in [0.1, 0.15) is 55.4 Å². The fourth-order valence-corrected chi connectivity index (χ4v) is 4.56. The van der Waals surface area contributed by atoms with E-state index in [9.17, 15) is 5.11 Å². The molecule has 5 heteroatoms. The second kappa shape index (κ2) is 7.75. The quantitative estimate of drug-likeness (QED) is 0.712. The van der Waals surface area contributed by atoms with Crippen LogP contribution in [0.2, 0.25) is 18.1 Å². The second-order valence-electron chi connectivity index (χ2n) is 9.63. The van der Waals surface area contributed by atoms with Gasteiger partial charge in [-0.25, -0.2) is 0 Å². The molecule has 0 aromatic heterocycles. The molecule has 24 heavy (non-hydrogen) atoms. The Labute approximate surface area is 150 Å². The minimum atomic E-state index is -1.93. The number of aliphatic hydroxyl groups excluding tert-OH is 1. The molecular weight excluding hydrogens is 320 g/mol. The molecule has 0 amide bonds. The van der Waals surface area contributed by atoms with E-state index < -0.39 is 14.1 Å². The monoisotopic (exact) mass is 360 g/mol. The second-order valence-corrected chi connectivity index (χ2v) is 14.4. The van der Waals surface area contributed by atoms with E-state index in [0.717, 1.165) is 0 Å². The Morgan fingerprint density at radius 3 is 2.25 bits per heavy atom. The Bertz CT molecular complexity index is 403. The predicted octanol–water partition coefficient (Wildman–Crippen LogP) is 4.43. The van der Waals surface area contributed by atoms with Crippen LogP contribution in [0.3, 0.4) is 0 Å². The SMILES string of the molecule is C[C@@H]([C@@H]1OC(C)(C)OC[C@H]1C)[C@H](O[Si](C)(C)C(C)(C)C)[C@H](C)CO. The summed E-state index contributed by atoms with van der Waals surface area (Å²) in [6.45, 7) is 22.5. The summed E-state index contributed by atoms with van der Waals surface area (Å²) in [5.74, 6) is 0.0230. The summed E-state index contributed by atoms with van der Waals surface area (Å²) in [5.41, 5.74) is 0. The molecule has 4 nitrogen and oxygen atoms in total. The summed E-state index contributed by atoms with van der Waals surface area (Å²) in [7, 11) is -1.93. The maximum Gasteiger partial charge on any atom is 0.192 e. The number of aliphatic hydroxyl groups is 1. The maximum absolute atomic E-state index is 9.79. The van der Waals surface area contributed by atoms with E-state index in [-0.39, 0.29) is 35.7 Å². The van der Waals surface area contributed by atoms with Gasteiger partial charge < -0.3 is 19.0 Å². The lowest BCUT2D eigenvalue weighted by Gasteiger charge is -2.48. The lowest BCUT2D eigenvalue weighted by atomic mass is 9.84. The molecule has 1 aliphatic rings. The highest BCUT2D eigenvalue weighted by Crippen LogP contribution is 2.41. The van der Waals surface area contributed by atoms with Crippen molar-refractivity contribution in [2.45, 2.75) is 91.5 Å². The van der Waals surface area contributed by atoms with E-state index >= 15 is 0 Å². The highest BCUT2D eigenvalue weighted by Gasteiger charge is 2.45. The van der Waals surface area contributed by atoms with Gasteiger partial charge in [0.05, 0.1) is 18.8 Å². The number of hydrogen-bond donors (Lipinski definition) is 1. The van der Waals surface area contributed by atoms with Crippen molar-refractivity contribution < 1.29 is 19.0 Å². The summed E-state index contributed by atoms with van der Waals surface area (Å²) in [4.78, 5) is 0. The molecule has 1 aliphatic heterocycles. The molecule has 1 fully saturated rings. The van der Waals surface area contributed by atoms with Gasteiger partial charge in [-0.2, -0.15) is 0 Å². The van der Waals surface area contributed by atoms with Crippen molar-refractivity contribution in [1.82, 2.24) is 0 Å². The molecule has 1 N–H and O–H groups in total. The summed E-state index contributed by atoms with van der Waals surface area (Å²) < 4.78 is 18.8. The predicted molar refractivity (Wildman–Crippen MR) is 102 cm³/mol. The van der Waals surface area contributed by atoms with Crippen molar-refractivity contribution in [2.24, 2.45) is 17.8 Å². The normalized spacial score (nSPS) is 29.1. The molecule has 0 unspecified atom stereocenters. The fraction of sp³-hybridized carbons (Fsp3) is 1.00. The Balaban J connectivity index is 3.03. The number of ether oxygens (including phenoxy) is 2. The molecule has 0 aliphatic carbocycles. The van der Waals surface area contributed by atoms with Crippen LogP contribution in [0, 0.1) is 17.8 Å². The van der Waals surface area contributed by atoms with E-state index in [0.29, 0.717) is 12.5 Å². The molecule has 1 heterocycles. The van der Waals surface area contributed by atoms with Crippen LogP contribution in [0.25, 0.3) is 0 Å². The van der Waals surface area contributed by atoms with E-state index in [2.05, 4.69) is 54.6 Å². The first kappa shape index (κ1) is 22.1. The number of rotatable bonds is 6. The Hall–Kier alpha value is 0.0569. The smallest absolute Gasteiger partial charge is 0.192 e. The van der Waals surface area contributed by atoms with Crippen molar-refractivity contribution >= 4 is 8.32 Å². The zero-order valence-corrected chi connectivity index (χ0v) is 18.5. The van der Waals surface area contributed by atoms with Crippen molar-refractivity contribution in [2.75, 3.05) is 13.2 Å². The van der Waals surface area contributed by atoms with Gasteiger partial charge in [-0.05, 0) is 32.0 Å². The van der Waals surface area contributed by atoms with Gasteiger partial charge in [0.1, 0.15) is 0 Å². The van der Waals surface area contributed by atoms with Crippen molar-refractivity contribution in [3.8, 4) is 0 Å². The van der Waals surface area contributed by atoms with E-state index in [1.807, 2.05) is 13.8 Å².